The van der Waals surface area contributed by atoms with Crippen LogP contribution in [0.5, 0.6) is 0 Å². The predicted molar refractivity (Wildman–Crippen MR) is 112 cm³/mol. The largest absolute Gasteiger partial charge is 0.392 e. The van der Waals surface area contributed by atoms with E-state index < -0.39 is 9.84 Å². The topological polar surface area (TPSA) is 77.9 Å². The van der Waals surface area contributed by atoms with E-state index in [1.165, 1.54) is 18.4 Å². The molecule has 6 nitrogen and oxygen atoms in total. The molecule has 0 spiro atoms. The van der Waals surface area contributed by atoms with Crippen LogP contribution in [0, 0.1) is 0 Å². The van der Waals surface area contributed by atoms with Gasteiger partial charge in [-0.3, -0.25) is 9.69 Å². The van der Waals surface area contributed by atoms with E-state index >= 15 is 0 Å². The first kappa shape index (κ1) is 21.5. The summed E-state index contributed by atoms with van der Waals surface area (Å²) in [6, 6.07) is 16.5. The second-order valence-corrected chi connectivity index (χ2v) is 9.75. The van der Waals surface area contributed by atoms with Crippen LogP contribution in [0.15, 0.2) is 59.5 Å². The van der Waals surface area contributed by atoms with Gasteiger partial charge >= 0.3 is 0 Å². The van der Waals surface area contributed by atoms with Gasteiger partial charge in [-0.05, 0) is 29.7 Å². The lowest BCUT2D eigenvalue weighted by molar-refractivity contribution is -0.129. The van der Waals surface area contributed by atoms with Crippen molar-refractivity contribution in [1.29, 1.82) is 0 Å². The molecule has 29 heavy (non-hydrogen) atoms. The van der Waals surface area contributed by atoms with Crippen LogP contribution in [0.25, 0.3) is 0 Å². The van der Waals surface area contributed by atoms with E-state index in [-0.39, 0.29) is 29.4 Å². The minimum absolute atomic E-state index is 0.0231. The van der Waals surface area contributed by atoms with Crippen LogP contribution in [0.3, 0.4) is 0 Å². The number of sulfone groups is 1. The van der Waals surface area contributed by atoms with Gasteiger partial charge < -0.3 is 10.0 Å². The number of hydrogen-bond acceptors (Lipinski definition) is 5. The number of nitrogens with zero attached hydrogens (tertiary/aromatic N) is 2. The summed E-state index contributed by atoms with van der Waals surface area (Å²) in [5.74, 6) is -0.0298. The van der Waals surface area contributed by atoms with Crippen molar-refractivity contribution in [2.45, 2.75) is 29.9 Å². The molecule has 1 fully saturated rings. The minimum Gasteiger partial charge on any atom is -0.392 e. The van der Waals surface area contributed by atoms with Crippen molar-refractivity contribution < 1.29 is 18.3 Å². The van der Waals surface area contributed by atoms with E-state index in [2.05, 4.69) is 17.0 Å². The van der Waals surface area contributed by atoms with Crippen molar-refractivity contribution in [2.24, 2.45) is 0 Å². The number of amides is 1. The number of hydrogen-bond donors (Lipinski definition) is 1. The average molecular weight is 417 g/mol. The second kappa shape index (κ2) is 9.07. The summed E-state index contributed by atoms with van der Waals surface area (Å²) in [5.41, 5.74) is 1.90. The predicted octanol–water partition coefficient (Wildman–Crippen LogP) is 1.90. The third-order valence-corrected chi connectivity index (χ3v) is 6.53. The highest BCUT2D eigenvalue weighted by molar-refractivity contribution is 7.90. The fourth-order valence-corrected chi connectivity index (χ4v) is 4.31. The van der Waals surface area contributed by atoms with Crippen LogP contribution in [-0.2, 0) is 21.1 Å². The number of carbonyl (C=O) groups is 1. The Morgan fingerprint density at radius 3 is 2.38 bits per heavy atom. The zero-order chi connectivity index (χ0) is 21.0. The standard InChI is InChI=1S/C22H28N2O4S/c1-23(22(26)14-17-8-10-20(11-9-17)29(2,27)28)16-21(18-6-4-3-5-7-18)24-13-12-19(25)15-24/h3-11,19,21,25H,12-16H2,1-2H3/t19-,21?/m0/s1. The lowest BCUT2D eigenvalue weighted by Crippen LogP contribution is -2.39. The van der Waals surface area contributed by atoms with Gasteiger partial charge in [-0.2, -0.15) is 0 Å². The second-order valence-electron chi connectivity index (χ2n) is 7.73. The Morgan fingerprint density at radius 2 is 1.83 bits per heavy atom. The Hall–Kier alpha value is -2.22. The van der Waals surface area contributed by atoms with E-state index in [4.69, 9.17) is 0 Å². The smallest absolute Gasteiger partial charge is 0.226 e. The van der Waals surface area contributed by atoms with Crippen molar-refractivity contribution in [3.8, 4) is 0 Å². The van der Waals surface area contributed by atoms with E-state index in [9.17, 15) is 18.3 Å². The van der Waals surface area contributed by atoms with Crippen molar-refractivity contribution in [3.05, 3.63) is 65.7 Å². The number of benzene rings is 2. The number of likely N-dealkylation sites (tertiary alicyclic amines) is 1. The zero-order valence-electron chi connectivity index (χ0n) is 16.9. The van der Waals surface area contributed by atoms with E-state index in [0.29, 0.717) is 13.1 Å². The number of β-amino-alcohol motifs (C(OH)–C–C–N with tert-alkyl or cyclic N) is 1. The molecule has 2 aromatic rings. The number of carbonyl (C=O) groups excluding carboxylic acids is 1. The van der Waals surface area contributed by atoms with Gasteiger partial charge in [0.15, 0.2) is 9.84 Å². The summed E-state index contributed by atoms with van der Waals surface area (Å²) >= 11 is 0. The molecule has 1 aliphatic rings. The molecule has 2 atom stereocenters. The molecule has 1 unspecified atom stereocenters. The van der Waals surface area contributed by atoms with Gasteiger partial charge in [0.05, 0.1) is 23.5 Å². The van der Waals surface area contributed by atoms with Crippen LogP contribution >= 0.6 is 0 Å². The molecule has 1 amide bonds. The van der Waals surface area contributed by atoms with Gasteiger partial charge in [0, 0.05) is 32.9 Å². The van der Waals surface area contributed by atoms with Gasteiger partial charge in [0.25, 0.3) is 0 Å². The molecule has 3 rings (SSSR count). The molecule has 0 aliphatic carbocycles. The third kappa shape index (κ3) is 5.65. The van der Waals surface area contributed by atoms with Crippen LogP contribution in [0.1, 0.15) is 23.6 Å². The maximum Gasteiger partial charge on any atom is 0.226 e. The quantitative estimate of drug-likeness (QED) is 0.746. The first-order chi connectivity index (χ1) is 13.7. The molecule has 0 aromatic heterocycles. The number of aliphatic hydroxyl groups is 1. The van der Waals surface area contributed by atoms with Crippen molar-refractivity contribution >= 4 is 15.7 Å². The first-order valence-electron chi connectivity index (χ1n) is 9.74. The molecule has 1 N–H and O–H groups in total. The highest BCUT2D eigenvalue weighted by atomic mass is 32.2. The average Bonchev–Trinajstić information content (AvgIpc) is 3.12. The zero-order valence-corrected chi connectivity index (χ0v) is 17.7. The molecule has 1 saturated heterocycles. The summed E-state index contributed by atoms with van der Waals surface area (Å²) in [7, 11) is -1.46. The molecule has 7 heteroatoms. The van der Waals surface area contributed by atoms with Gasteiger partial charge in [-0.15, -0.1) is 0 Å². The fraction of sp³-hybridized carbons (Fsp3) is 0.409. The third-order valence-electron chi connectivity index (χ3n) is 5.40. The van der Waals surface area contributed by atoms with Crippen LogP contribution in [0.2, 0.25) is 0 Å². The van der Waals surface area contributed by atoms with Crippen LogP contribution in [0.4, 0.5) is 0 Å². The Kier molecular flexibility index (Phi) is 6.72. The summed E-state index contributed by atoms with van der Waals surface area (Å²) in [6.45, 7) is 1.93. The van der Waals surface area contributed by atoms with Crippen molar-refractivity contribution in [1.82, 2.24) is 9.80 Å². The summed E-state index contributed by atoms with van der Waals surface area (Å²) in [5, 5.41) is 9.95. The summed E-state index contributed by atoms with van der Waals surface area (Å²) in [6.07, 6.45) is 1.80. The van der Waals surface area contributed by atoms with Gasteiger partial charge in [-0.1, -0.05) is 42.5 Å². The van der Waals surface area contributed by atoms with Crippen molar-refractivity contribution in [3.63, 3.8) is 0 Å². The van der Waals surface area contributed by atoms with E-state index in [1.54, 1.807) is 24.1 Å². The van der Waals surface area contributed by atoms with Gasteiger partial charge in [0.1, 0.15) is 0 Å². The first-order valence-corrected chi connectivity index (χ1v) is 11.6. The molecular weight excluding hydrogens is 388 g/mol. The number of aliphatic hydroxyl groups excluding tert-OH is 1. The van der Waals surface area contributed by atoms with Gasteiger partial charge in [0.2, 0.25) is 5.91 Å². The fourth-order valence-electron chi connectivity index (χ4n) is 3.68. The lowest BCUT2D eigenvalue weighted by Gasteiger charge is -2.32. The van der Waals surface area contributed by atoms with E-state index in [0.717, 1.165) is 24.1 Å². The molecule has 0 radical (unpaired) electrons. The maximum absolute atomic E-state index is 12.8. The lowest BCUT2D eigenvalue weighted by atomic mass is 10.0. The monoisotopic (exact) mass is 416 g/mol. The SMILES string of the molecule is CN(CC(c1ccccc1)N1CC[C@H](O)C1)C(=O)Cc1ccc(S(C)(=O)=O)cc1. The summed E-state index contributed by atoms with van der Waals surface area (Å²) < 4.78 is 23.2. The molecular formula is C22H28N2O4S. The highest BCUT2D eigenvalue weighted by Crippen LogP contribution is 2.26. The summed E-state index contributed by atoms with van der Waals surface area (Å²) in [4.78, 5) is 17.0. The Labute approximate surface area is 172 Å². The Balaban J connectivity index is 1.68. The molecule has 2 aromatic carbocycles. The Bertz CT molecular complexity index is 929. The van der Waals surface area contributed by atoms with E-state index in [1.807, 2.05) is 18.2 Å². The normalized spacial score (nSPS) is 18.5. The molecule has 1 aliphatic heterocycles. The minimum atomic E-state index is -3.25. The number of rotatable bonds is 7. The molecule has 1 heterocycles. The van der Waals surface area contributed by atoms with Crippen molar-refractivity contribution in [2.75, 3.05) is 32.9 Å². The number of likely N-dealkylation sites (N-methyl/N-ethyl adjacent to an activating group) is 1. The Morgan fingerprint density at radius 1 is 1.17 bits per heavy atom. The molecule has 0 saturated carbocycles. The highest BCUT2D eigenvalue weighted by Gasteiger charge is 2.29. The van der Waals surface area contributed by atoms with Crippen LogP contribution < -0.4 is 0 Å². The molecule has 156 valence electrons. The van der Waals surface area contributed by atoms with Gasteiger partial charge in [-0.25, -0.2) is 8.42 Å². The maximum atomic E-state index is 12.8. The molecule has 0 bridgehead atoms. The van der Waals surface area contributed by atoms with Crippen LogP contribution in [-0.4, -0.2) is 68.3 Å².